The van der Waals surface area contributed by atoms with Crippen molar-refractivity contribution in [3.63, 3.8) is 0 Å². The standard InChI is InChI=1S/C16H20FN3/c17-15-7-5-13(6-8-15)9-18-10-14-11-19-20(12-14)16-3-1-2-4-16/h5-8,11-12,16,18H,1-4,9-10H2. The maximum atomic E-state index is 12.8. The van der Waals surface area contributed by atoms with E-state index < -0.39 is 0 Å². The van der Waals surface area contributed by atoms with Gasteiger partial charge < -0.3 is 5.32 Å². The highest BCUT2D eigenvalue weighted by Gasteiger charge is 2.17. The van der Waals surface area contributed by atoms with Crippen LogP contribution in [-0.2, 0) is 13.1 Å². The van der Waals surface area contributed by atoms with E-state index in [1.165, 1.54) is 43.4 Å². The predicted molar refractivity (Wildman–Crippen MR) is 76.7 cm³/mol. The fourth-order valence-electron chi connectivity index (χ4n) is 2.79. The maximum Gasteiger partial charge on any atom is 0.123 e. The fraction of sp³-hybridized carbons (Fsp3) is 0.438. The van der Waals surface area contributed by atoms with Gasteiger partial charge in [-0.25, -0.2) is 4.39 Å². The molecule has 1 saturated carbocycles. The molecule has 106 valence electrons. The number of benzene rings is 1. The molecule has 0 radical (unpaired) electrons. The summed E-state index contributed by atoms with van der Waals surface area (Å²) in [7, 11) is 0. The second kappa shape index (κ2) is 6.18. The van der Waals surface area contributed by atoms with Gasteiger partial charge in [0.2, 0.25) is 0 Å². The van der Waals surface area contributed by atoms with E-state index in [1.807, 2.05) is 18.3 Å². The molecule has 20 heavy (non-hydrogen) atoms. The third kappa shape index (κ3) is 3.25. The Morgan fingerprint density at radius 1 is 1.10 bits per heavy atom. The minimum absolute atomic E-state index is 0.188. The van der Waals surface area contributed by atoms with Crippen LogP contribution in [0.2, 0.25) is 0 Å². The Morgan fingerprint density at radius 2 is 1.80 bits per heavy atom. The molecular weight excluding hydrogens is 253 g/mol. The number of aromatic nitrogens is 2. The summed E-state index contributed by atoms with van der Waals surface area (Å²) in [5.41, 5.74) is 2.30. The Kier molecular flexibility index (Phi) is 4.11. The van der Waals surface area contributed by atoms with E-state index in [2.05, 4.69) is 21.3 Å². The number of nitrogens with one attached hydrogen (secondary N) is 1. The Bertz CT molecular complexity index is 541. The average Bonchev–Trinajstić information content (AvgIpc) is 3.11. The number of hydrogen-bond acceptors (Lipinski definition) is 2. The van der Waals surface area contributed by atoms with Crippen LogP contribution in [-0.4, -0.2) is 9.78 Å². The van der Waals surface area contributed by atoms with Gasteiger partial charge in [0.15, 0.2) is 0 Å². The molecule has 2 aromatic rings. The molecule has 0 amide bonds. The van der Waals surface area contributed by atoms with Crippen molar-refractivity contribution in [3.05, 3.63) is 53.6 Å². The molecule has 1 aromatic heterocycles. The van der Waals surface area contributed by atoms with Gasteiger partial charge >= 0.3 is 0 Å². The quantitative estimate of drug-likeness (QED) is 0.904. The molecule has 0 spiro atoms. The average molecular weight is 273 g/mol. The summed E-state index contributed by atoms with van der Waals surface area (Å²) in [5, 5.41) is 7.83. The molecule has 1 aliphatic rings. The third-order valence-electron chi connectivity index (χ3n) is 3.93. The summed E-state index contributed by atoms with van der Waals surface area (Å²) in [6.45, 7) is 1.54. The van der Waals surface area contributed by atoms with Crippen molar-refractivity contribution >= 4 is 0 Å². The lowest BCUT2D eigenvalue weighted by molar-refractivity contribution is 0.466. The van der Waals surface area contributed by atoms with Gasteiger partial charge in [0.1, 0.15) is 5.82 Å². The molecule has 4 heteroatoms. The molecular formula is C16H20FN3. The van der Waals surface area contributed by atoms with E-state index in [9.17, 15) is 4.39 Å². The highest BCUT2D eigenvalue weighted by molar-refractivity contribution is 5.16. The van der Waals surface area contributed by atoms with Crippen LogP contribution in [0, 0.1) is 5.82 Å². The smallest absolute Gasteiger partial charge is 0.123 e. The predicted octanol–water partition coefficient (Wildman–Crippen LogP) is 3.43. The first-order chi connectivity index (χ1) is 9.81. The van der Waals surface area contributed by atoms with Gasteiger partial charge in [-0.05, 0) is 30.5 Å². The number of halogens is 1. The summed E-state index contributed by atoms with van der Waals surface area (Å²) in [5.74, 6) is -0.188. The van der Waals surface area contributed by atoms with Crippen molar-refractivity contribution in [1.82, 2.24) is 15.1 Å². The molecule has 1 fully saturated rings. The van der Waals surface area contributed by atoms with E-state index in [1.54, 1.807) is 0 Å². The van der Waals surface area contributed by atoms with Crippen LogP contribution in [0.1, 0.15) is 42.9 Å². The largest absolute Gasteiger partial charge is 0.309 e. The van der Waals surface area contributed by atoms with Crippen LogP contribution in [0.3, 0.4) is 0 Å². The normalized spacial score (nSPS) is 15.8. The van der Waals surface area contributed by atoms with Crippen molar-refractivity contribution < 1.29 is 4.39 Å². The fourth-order valence-corrected chi connectivity index (χ4v) is 2.79. The highest BCUT2D eigenvalue weighted by Crippen LogP contribution is 2.28. The number of hydrogen-bond donors (Lipinski definition) is 1. The molecule has 3 rings (SSSR count). The van der Waals surface area contributed by atoms with Crippen molar-refractivity contribution in [2.24, 2.45) is 0 Å². The molecule has 0 unspecified atom stereocenters. The van der Waals surface area contributed by atoms with Crippen LogP contribution in [0.25, 0.3) is 0 Å². The zero-order valence-corrected chi connectivity index (χ0v) is 11.6. The van der Waals surface area contributed by atoms with Gasteiger partial charge in [-0.2, -0.15) is 5.10 Å². The second-order valence-electron chi connectivity index (χ2n) is 5.50. The molecule has 1 aromatic carbocycles. The first-order valence-corrected chi connectivity index (χ1v) is 7.29. The first-order valence-electron chi connectivity index (χ1n) is 7.29. The lowest BCUT2D eigenvalue weighted by Gasteiger charge is -2.08. The molecule has 1 heterocycles. The summed E-state index contributed by atoms with van der Waals surface area (Å²) >= 11 is 0. The van der Waals surface area contributed by atoms with Crippen LogP contribution in [0.15, 0.2) is 36.7 Å². The molecule has 0 aliphatic heterocycles. The van der Waals surface area contributed by atoms with E-state index in [4.69, 9.17) is 0 Å². The molecule has 1 N–H and O–H groups in total. The number of nitrogens with zero attached hydrogens (tertiary/aromatic N) is 2. The zero-order valence-electron chi connectivity index (χ0n) is 11.6. The second-order valence-corrected chi connectivity index (χ2v) is 5.50. The Morgan fingerprint density at radius 3 is 2.55 bits per heavy atom. The topological polar surface area (TPSA) is 29.9 Å². The Balaban J connectivity index is 1.49. The number of rotatable bonds is 5. The minimum Gasteiger partial charge on any atom is -0.309 e. The Labute approximate surface area is 118 Å². The molecule has 0 atom stereocenters. The van der Waals surface area contributed by atoms with Gasteiger partial charge in [-0.15, -0.1) is 0 Å². The first kappa shape index (κ1) is 13.3. The van der Waals surface area contributed by atoms with E-state index in [0.29, 0.717) is 6.04 Å². The van der Waals surface area contributed by atoms with E-state index in [-0.39, 0.29) is 5.82 Å². The van der Waals surface area contributed by atoms with Crippen LogP contribution < -0.4 is 5.32 Å². The Hall–Kier alpha value is -1.68. The van der Waals surface area contributed by atoms with E-state index in [0.717, 1.165) is 18.7 Å². The lowest BCUT2D eigenvalue weighted by atomic mass is 10.2. The highest BCUT2D eigenvalue weighted by atomic mass is 19.1. The van der Waals surface area contributed by atoms with Crippen molar-refractivity contribution in [3.8, 4) is 0 Å². The molecule has 1 aliphatic carbocycles. The summed E-state index contributed by atoms with van der Waals surface area (Å²) in [4.78, 5) is 0. The molecule has 0 saturated heterocycles. The van der Waals surface area contributed by atoms with Gasteiger partial charge in [-0.3, -0.25) is 4.68 Å². The van der Waals surface area contributed by atoms with Crippen molar-refractivity contribution in [1.29, 1.82) is 0 Å². The zero-order chi connectivity index (χ0) is 13.8. The summed E-state index contributed by atoms with van der Waals surface area (Å²) in [6, 6.07) is 7.21. The van der Waals surface area contributed by atoms with Gasteiger partial charge in [0, 0.05) is 24.8 Å². The van der Waals surface area contributed by atoms with Gasteiger partial charge in [0.25, 0.3) is 0 Å². The maximum absolute atomic E-state index is 12.8. The van der Waals surface area contributed by atoms with Crippen LogP contribution in [0.4, 0.5) is 4.39 Å². The lowest BCUT2D eigenvalue weighted by Crippen LogP contribution is -2.12. The van der Waals surface area contributed by atoms with Crippen LogP contribution >= 0.6 is 0 Å². The minimum atomic E-state index is -0.188. The molecule has 0 bridgehead atoms. The molecule has 3 nitrogen and oxygen atoms in total. The van der Waals surface area contributed by atoms with Crippen molar-refractivity contribution in [2.75, 3.05) is 0 Å². The van der Waals surface area contributed by atoms with Crippen LogP contribution in [0.5, 0.6) is 0 Å². The third-order valence-corrected chi connectivity index (χ3v) is 3.93. The SMILES string of the molecule is Fc1ccc(CNCc2cnn(C3CCCC3)c2)cc1. The van der Waals surface area contributed by atoms with Gasteiger partial charge in [-0.1, -0.05) is 25.0 Å². The van der Waals surface area contributed by atoms with E-state index >= 15 is 0 Å². The van der Waals surface area contributed by atoms with Gasteiger partial charge in [0.05, 0.1) is 12.2 Å². The monoisotopic (exact) mass is 273 g/mol. The van der Waals surface area contributed by atoms with Crippen molar-refractivity contribution in [2.45, 2.75) is 44.8 Å². The summed E-state index contributed by atoms with van der Waals surface area (Å²) in [6.07, 6.45) is 9.24. The summed E-state index contributed by atoms with van der Waals surface area (Å²) < 4.78 is 14.9.